The Morgan fingerprint density at radius 2 is 1.87 bits per heavy atom. The van der Waals surface area contributed by atoms with Crippen LogP contribution in [0.3, 0.4) is 0 Å². The highest BCUT2D eigenvalue weighted by Crippen LogP contribution is 2.18. The smallest absolute Gasteiger partial charge is 0.337 e. The number of aromatic nitrogens is 2. The first kappa shape index (κ1) is 17.0. The van der Waals surface area contributed by atoms with Gasteiger partial charge >= 0.3 is 5.97 Å². The minimum Gasteiger partial charge on any atom is -0.465 e. The van der Waals surface area contributed by atoms with E-state index in [9.17, 15) is 9.59 Å². The number of methoxy groups -OCH3 is 1. The zero-order valence-electron chi connectivity index (χ0n) is 12.9. The number of hydrogen-bond donors (Lipinski definition) is 1. The van der Waals surface area contributed by atoms with E-state index in [1.807, 2.05) is 0 Å². The fraction of sp³-hybridized carbons (Fsp3) is 0.250. The van der Waals surface area contributed by atoms with Crippen LogP contribution in [0.1, 0.15) is 22.8 Å². The molecule has 0 spiro atoms. The standard InChI is InChI=1S/C16H17N3O3S/c1-11(23-16-17-8-3-9-18-16)14(20)19-10-12-4-6-13(7-5-12)15(21)22-2/h3-9,11H,10H2,1-2H3,(H,19,20)/t11-/m0/s1. The molecule has 0 saturated carbocycles. The molecule has 1 aromatic carbocycles. The lowest BCUT2D eigenvalue weighted by molar-refractivity contribution is -0.120. The first-order valence-electron chi connectivity index (χ1n) is 6.99. The molecule has 0 aliphatic heterocycles. The lowest BCUT2D eigenvalue weighted by atomic mass is 10.1. The molecule has 0 radical (unpaired) electrons. The van der Waals surface area contributed by atoms with Gasteiger partial charge in [-0.15, -0.1) is 0 Å². The van der Waals surface area contributed by atoms with E-state index in [-0.39, 0.29) is 17.1 Å². The van der Waals surface area contributed by atoms with E-state index in [0.717, 1.165) is 5.56 Å². The molecule has 1 heterocycles. The second-order valence-electron chi connectivity index (χ2n) is 4.70. The van der Waals surface area contributed by atoms with Gasteiger partial charge in [0.2, 0.25) is 5.91 Å². The summed E-state index contributed by atoms with van der Waals surface area (Å²) in [5.41, 5.74) is 1.38. The molecule has 6 nitrogen and oxygen atoms in total. The first-order valence-corrected chi connectivity index (χ1v) is 7.86. The molecule has 0 aliphatic rings. The number of nitrogens with zero attached hydrogens (tertiary/aromatic N) is 2. The lowest BCUT2D eigenvalue weighted by Gasteiger charge is -2.11. The van der Waals surface area contributed by atoms with Gasteiger partial charge in [0.25, 0.3) is 0 Å². The number of carbonyl (C=O) groups is 2. The molecule has 1 N–H and O–H groups in total. The SMILES string of the molecule is COC(=O)c1ccc(CNC(=O)[C@H](C)Sc2ncccn2)cc1. The molecule has 0 unspecified atom stereocenters. The summed E-state index contributed by atoms with van der Waals surface area (Å²) in [4.78, 5) is 31.6. The minimum absolute atomic E-state index is 0.0977. The fourth-order valence-corrected chi connectivity index (χ4v) is 2.52. The number of amides is 1. The largest absolute Gasteiger partial charge is 0.465 e. The van der Waals surface area contributed by atoms with Crippen LogP contribution in [-0.4, -0.2) is 34.2 Å². The Hall–Kier alpha value is -2.41. The number of esters is 1. The number of benzene rings is 1. The first-order chi connectivity index (χ1) is 11.1. The molecular weight excluding hydrogens is 314 g/mol. The number of hydrogen-bond acceptors (Lipinski definition) is 6. The van der Waals surface area contributed by atoms with Crippen molar-refractivity contribution in [2.24, 2.45) is 0 Å². The molecule has 2 rings (SSSR count). The van der Waals surface area contributed by atoms with Crippen LogP contribution in [0.25, 0.3) is 0 Å². The highest BCUT2D eigenvalue weighted by atomic mass is 32.2. The van der Waals surface area contributed by atoms with E-state index >= 15 is 0 Å². The molecule has 2 aromatic rings. The van der Waals surface area contributed by atoms with Crippen LogP contribution in [0.15, 0.2) is 47.9 Å². The molecule has 1 aromatic heterocycles. The molecule has 1 atom stereocenters. The number of thioether (sulfide) groups is 1. The Bertz CT molecular complexity index is 662. The lowest BCUT2D eigenvalue weighted by Crippen LogP contribution is -2.30. The van der Waals surface area contributed by atoms with Crippen molar-refractivity contribution in [1.29, 1.82) is 0 Å². The minimum atomic E-state index is -0.381. The van der Waals surface area contributed by atoms with Crippen molar-refractivity contribution in [3.8, 4) is 0 Å². The molecule has 0 bridgehead atoms. The van der Waals surface area contributed by atoms with Gasteiger partial charge in [0.05, 0.1) is 17.9 Å². The van der Waals surface area contributed by atoms with E-state index in [0.29, 0.717) is 17.3 Å². The molecule has 0 fully saturated rings. The quantitative estimate of drug-likeness (QED) is 0.496. The Morgan fingerprint density at radius 1 is 1.22 bits per heavy atom. The summed E-state index contributed by atoms with van der Waals surface area (Å²) in [5, 5.41) is 3.12. The van der Waals surface area contributed by atoms with E-state index in [1.165, 1.54) is 18.9 Å². The van der Waals surface area contributed by atoms with Crippen LogP contribution in [0.4, 0.5) is 0 Å². The summed E-state index contributed by atoms with van der Waals surface area (Å²) in [7, 11) is 1.34. The Kier molecular flexibility index (Phi) is 6.10. The van der Waals surface area contributed by atoms with Gasteiger partial charge in [-0.3, -0.25) is 4.79 Å². The van der Waals surface area contributed by atoms with Gasteiger partial charge in [-0.2, -0.15) is 0 Å². The third-order valence-corrected chi connectivity index (χ3v) is 4.02. The Morgan fingerprint density at radius 3 is 2.48 bits per heavy atom. The second-order valence-corrected chi connectivity index (χ2v) is 6.01. The predicted octanol–water partition coefficient (Wildman–Crippen LogP) is 2.06. The van der Waals surface area contributed by atoms with Gasteiger partial charge in [-0.25, -0.2) is 14.8 Å². The van der Waals surface area contributed by atoms with Crippen LogP contribution in [-0.2, 0) is 16.1 Å². The van der Waals surface area contributed by atoms with Gasteiger partial charge in [0.1, 0.15) is 0 Å². The van der Waals surface area contributed by atoms with Gasteiger partial charge in [-0.05, 0) is 30.7 Å². The van der Waals surface area contributed by atoms with Crippen LogP contribution >= 0.6 is 11.8 Å². The van der Waals surface area contributed by atoms with Crippen LogP contribution in [0.2, 0.25) is 0 Å². The van der Waals surface area contributed by atoms with E-state index in [1.54, 1.807) is 49.6 Å². The van der Waals surface area contributed by atoms with E-state index < -0.39 is 0 Å². The van der Waals surface area contributed by atoms with Crippen LogP contribution in [0.5, 0.6) is 0 Å². The van der Waals surface area contributed by atoms with E-state index in [2.05, 4.69) is 20.0 Å². The normalized spacial score (nSPS) is 11.6. The van der Waals surface area contributed by atoms with E-state index in [4.69, 9.17) is 0 Å². The van der Waals surface area contributed by atoms with Crippen molar-refractivity contribution >= 4 is 23.6 Å². The highest BCUT2D eigenvalue weighted by molar-refractivity contribution is 8.00. The van der Waals surface area contributed by atoms with Gasteiger partial charge in [0, 0.05) is 18.9 Å². The average molecular weight is 331 g/mol. The molecule has 1 amide bonds. The van der Waals surface area contributed by atoms with Gasteiger partial charge in [-0.1, -0.05) is 23.9 Å². The summed E-state index contributed by atoms with van der Waals surface area (Å²) in [6.07, 6.45) is 3.28. The van der Waals surface area contributed by atoms with Crippen molar-refractivity contribution < 1.29 is 14.3 Å². The van der Waals surface area contributed by atoms with Crippen molar-refractivity contribution in [3.63, 3.8) is 0 Å². The third-order valence-electron chi connectivity index (χ3n) is 3.04. The highest BCUT2D eigenvalue weighted by Gasteiger charge is 2.15. The number of carbonyl (C=O) groups excluding carboxylic acids is 2. The summed E-state index contributed by atoms with van der Waals surface area (Å²) in [6.45, 7) is 2.19. The Balaban J connectivity index is 1.85. The zero-order valence-corrected chi connectivity index (χ0v) is 13.7. The summed E-state index contributed by atoms with van der Waals surface area (Å²) in [5.74, 6) is -0.479. The average Bonchev–Trinajstić information content (AvgIpc) is 2.60. The van der Waals surface area contributed by atoms with Crippen molar-refractivity contribution in [3.05, 3.63) is 53.9 Å². The topological polar surface area (TPSA) is 81.2 Å². The predicted molar refractivity (Wildman–Crippen MR) is 87.0 cm³/mol. The molecule has 0 saturated heterocycles. The fourth-order valence-electron chi connectivity index (χ4n) is 1.77. The molecule has 23 heavy (non-hydrogen) atoms. The van der Waals surface area contributed by atoms with Gasteiger partial charge in [0.15, 0.2) is 5.16 Å². The third kappa shape index (κ3) is 5.07. The zero-order chi connectivity index (χ0) is 16.7. The van der Waals surface area contributed by atoms with Crippen LogP contribution < -0.4 is 5.32 Å². The summed E-state index contributed by atoms with van der Waals surface area (Å²) >= 11 is 1.30. The Labute approximate surface area is 138 Å². The van der Waals surface area contributed by atoms with Crippen molar-refractivity contribution in [2.45, 2.75) is 23.9 Å². The monoisotopic (exact) mass is 331 g/mol. The molecular formula is C16H17N3O3S. The maximum atomic E-state index is 12.1. The second kappa shape index (κ2) is 8.28. The maximum Gasteiger partial charge on any atom is 0.337 e. The molecule has 7 heteroatoms. The molecule has 0 aliphatic carbocycles. The number of ether oxygens (including phenoxy) is 1. The maximum absolute atomic E-state index is 12.1. The van der Waals surface area contributed by atoms with Crippen LogP contribution in [0, 0.1) is 0 Å². The van der Waals surface area contributed by atoms with Crippen molar-refractivity contribution in [2.75, 3.05) is 7.11 Å². The van der Waals surface area contributed by atoms with Crippen molar-refractivity contribution in [1.82, 2.24) is 15.3 Å². The number of rotatable bonds is 6. The summed E-state index contributed by atoms with van der Waals surface area (Å²) in [6, 6.07) is 8.63. The number of nitrogens with one attached hydrogen (secondary N) is 1. The van der Waals surface area contributed by atoms with Gasteiger partial charge < -0.3 is 10.1 Å². The molecule has 120 valence electrons. The summed E-state index contributed by atoms with van der Waals surface area (Å²) < 4.78 is 4.64.